The lowest BCUT2D eigenvalue weighted by molar-refractivity contribution is 0.333. The molecule has 2 fully saturated rings. The number of hydrogen-bond donors (Lipinski definition) is 0. The Kier molecular flexibility index (Phi) is 5.61. The zero-order valence-corrected chi connectivity index (χ0v) is 14.5. The minimum absolute atomic E-state index is 0.977. The van der Waals surface area contributed by atoms with Crippen LogP contribution in [0.5, 0.6) is 0 Å². The van der Waals surface area contributed by atoms with Crippen molar-refractivity contribution >= 4 is 0 Å². The van der Waals surface area contributed by atoms with Gasteiger partial charge < -0.3 is 0 Å². The second-order valence-electron chi connectivity index (χ2n) is 7.88. The molecular weight excluding hydrogens is 264 g/mol. The van der Waals surface area contributed by atoms with E-state index in [4.69, 9.17) is 0 Å². The monoisotopic (exact) mass is 296 g/mol. The summed E-state index contributed by atoms with van der Waals surface area (Å²) in [4.78, 5) is 0. The molecule has 0 heteroatoms. The highest BCUT2D eigenvalue weighted by Gasteiger charge is 2.24. The van der Waals surface area contributed by atoms with Crippen LogP contribution in [-0.4, -0.2) is 0 Å². The van der Waals surface area contributed by atoms with Crippen molar-refractivity contribution in [1.29, 1.82) is 0 Å². The fourth-order valence-electron chi connectivity index (χ4n) is 4.22. The Balaban J connectivity index is 1.39. The summed E-state index contributed by atoms with van der Waals surface area (Å²) >= 11 is 0. The molecule has 120 valence electrons. The van der Waals surface area contributed by atoms with Crippen LogP contribution in [0.1, 0.15) is 82.3 Å². The lowest BCUT2D eigenvalue weighted by Crippen LogP contribution is -2.16. The fraction of sp³-hybridized carbons (Fsp3) is 0.636. The van der Waals surface area contributed by atoms with Gasteiger partial charge >= 0.3 is 0 Å². The largest absolute Gasteiger partial charge is 0.0625 e. The SMILES string of the molecule is Cc1ccc([C]2CCC(CC[C]3CCC(C)CC3)CC2)cc1. The summed E-state index contributed by atoms with van der Waals surface area (Å²) in [6.07, 6.45) is 14.2. The number of benzene rings is 1. The van der Waals surface area contributed by atoms with E-state index in [1.807, 2.05) is 5.92 Å². The van der Waals surface area contributed by atoms with Crippen LogP contribution in [0.4, 0.5) is 0 Å². The predicted octanol–water partition coefficient (Wildman–Crippen LogP) is 6.67. The molecule has 22 heavy (non-hydrogen) atoms. The summed E-state index contributed by atoms with van der Waals surface area (Å²) in [6, 6.07) is 9.17. The molecule has 2 aliphatic carbocycles. The molecule has 2 aliphatic rings. The highest BCUT2D eigenvalue weighted by molar-refractivity contribution is 5.33. The molecule has 0 nitrogen and oxygen atoms in total. The van der Waals surface area contributed by atoms with Crippen molar-refractivity contribution in [3.63, 3.8) is 0 Å². The van der Waals surface area contributed by atoms with E-state index >= 15 is 0 Å². The van der Waals surface area contributed by atoms with Gasteiger partial charge in [-0.25, -0.2) is 0 Å². The Hall–Kier alpha value is -0.780. The molecule has 0 heterocycles. The van der Waals surface area contributed by atoms with Gasteiger partial charge in [0.2, 0.25) is 0 Å². The van der Waals surface area contributed by atoms with Gasteiger partial charge in [-0.15, -0.1) is 0 Å². The van der Waals surface area contributed by atoms with Gasteiger partial charge in [0, 0.05) is 5.92 Å². The summed E-state index contributed by atoms with van der Waals surface area (Å²) in [5.74, 6) is 5.55. The van der Waals surface area contributed by atoms with Crippen LogP contribution in [0, 0.1) is 30.6 Å². The maximum Gasteiger partial charge on any atom is 0.00500 e. The predicted molar refractivity (Wildman–Crippen MR) is 95.6 cm³/mol. The summed E-state index contributed by atoms with van der Waals surface area (Å²) in [6.45, 7) is 4.59. The van der Waals surface area contributed by atoms with E-state index < -0.39 is 0 Å². The Morgan fingerprint density at radius 1 is 0.864 bits per heavy atom. The molecule has 3 rings (SSSR count). The molecule has 2 radical (unpaired) electrons. The normalized spacial score (nSPS) is 23.0. The maximum absolute atomic E-state index is 2.42. The molecule has 0 N–H and O–H groups in total. The highest BCUT2D eigenvalue weighted by atomic mass is 14.3. The van der Waals surface area contributed by atoms with E-state index in [1.54, 1.807) is 5.92 Å². The molecule has 1 aromatic rings. The quantitative estimate of drug-likeness (QED) is 0.582. The third kappa shape index (κ3) is 4.37. The summed E-state index contributed by atoms with van der Waals surface area (Å²) in [7, 11) is 0. The molecule has 0 saturated heterocycles. The lowest BCUT2D eigenvalue weighted by Gasteiger charge is -2.31. The molecule has 1 aromatic carbocycles. The third-order valence-electron chi connectivity index (χ3n) is 6.06. The van der Waals surface area contributed by atoms with Crippen LogP contribution in [0.2, 0.25) is 0 Å². The van der Waals surface area contributed by atoms with E-state index in [2.05, 4.69) is 38.1 Å². The topological polar surface area (TPSA) is 0 Å². The van der Waals surface area contributed by atoms with Crippen molar-refractivity contribution in [2.75, 3.05) is 0 Å². The summed E-state index contributed by atoms with van der Waals surface area (Å²) in [5.41, 5.74) is 2.87. The van der Waals surface area contributed by atoms with Crippen LogP contribution in [0.25, 0.3) is 0 Å². The second kappa shape index (κ2) is 7.66. The minimum Gasteiger partial charge on any atom is -0.0625 e. The molecule has 0 atom stereocenters. The highest BCUT2D eigenvalue weighted by Crippen LogP contribution is 2.39. The molecular formula is C22H32. The smallest absolute Gasteiger partial charge is 0.00500 e. The average Bonchev–Trinajstić information content (AvgIpc) is 2.56. The Morgan fingerprint density at radius 2 is 1.50 bits per heavy atom. The Bertz CT molecular complexity index is 428. The van der Waals surface area contributed by atoms with Gasteiger partial charge in [-0.3, -0.25) is 0 Å². The van der Waals surface area contributed by atoms with Crippen LogP contribution in [0.3, 0.4) is 0 Å². The van der Waals surface area contributed by atoms with E-state index in [9.17, 15) is 0 Å². The van der Waals surface area contributed by atoms with Crippen molar-refractivity contribution in [3.8, 4) is 0 Å². The average molecular weight is 296 g/mol. The first kappa shape index (κ1) is 16.1. The summed E-state index contributed by atoms with van der Waals surface area (Å²) < 4.78 is 0. The van der Waals surface area contributed by atoms with Crippen molar-refractivity contribution in [1.82, 2.24) is 0 Å². The van der Waals surface area contributed by atoms with Crippen LogP contribution < -0.4 is 0 Å². The number of hydrogen-bond acceptors (Lipinski definition) is 0. The van der Waals surface area contributed by atoms with Gasteiger partial charge in [0.1, 0.15) is 0 Å². The fourth-order valence-corrected chi connectivity index (χ4v) is 4.22. The lowest BCUT2D eigenvalue weighted by atomic mass is 9.74. The van der Waals surface area contributed by atoms with E-state index in [0.717, 1.165) is 11.8 Å². The van der Waals surface area contributed by atoms with Crippen molar-refractivity contribution < 1.29 is 0 Å². The van der Waals surface area contributed by atoms with Crippen LogP contribution in [-0.2, 0) is 0 Å². The first-order valence-electron chi connectivity index (χ1n) is 9.46. The van der Waals surface area contributed by atoms with Gasteiger partial charge in [-0.2, -0.15) is 0 Å². The van der Waals surface area contributed by atoms with Gasteiger partial charge in [0.25, 0.3) is 0 Å². The van der Waals surface area contributed by atoms with Gasteiger partial charge in [0.05, 0.1) is 0 Å². The zero-order chi connectivity index (χ0) is 15.4. The zero-order valence-electron chi connectivity index (χ0n) is 14.5. The molecule has 0 amide bonds. The van der Waals surface area contributed by atoms with Crippen LogP contribution >= 0.6 is 0 Å². The van der Waals surface area contributed by atoms with Crippen molar-refractivity contribution in [2.24, 2.45) is 11.8 Å². The van der Waals surface area contributed by atoms with Crippen molar-refractivity contribution in [2.45, 2.75) is 78.1 Å². The first-order valence-corrected chi connectivity index (χ1v) is 9.46. The maximum atomic E-state index is 2.42. The molecule has 0 aromatic heterocycles. The molecule has 0 bridgehead atoms. The summed E-state index contributed by atoms with van der Waals surface area (Å²) in [5, 5.41) is 0. The van der Waals surface area contributed by atoms with E-state index in [0.29, 0.717) is 0 Å². The van der Waals surface area contributed by atoms with E-state index in [-0.39, 0.29) is 0 Å². The van der Waals surface area contributed by atoms with Crippen LogP contribution in [0.15, 0.2) is 24.3 Å². The van der Waals surface area contributed by atoms with Gasteiger partial charge in [-0.1, -0.05) is 49.6 Å². The molecule has 0 unspecified atom stereocenters. The second-order valence-corrected chi connectivity index (χ2v) is 7.88. The third-order valence-corrected chi connectivity index (χ3v) is 6.06. The Morgan fingerprint density at radius 3 is 2.14 bits per heavy atom. The van der Waals surface area contributed by atoms with E-state index in [1.165, 1.54) is 75.3 Å². The van der Waals surface area contributed by atoms with Gasteiger partial charge in [0.15, 0.2) is 0 Å². The molecule has 0 aliphatic heterocycles. The first-order chi connectivity index (χ1) is 10.7. The van der Waals surface area contributed by atoms with Crippen molar-refractivity contribution in [3.05, 3.63) is 47.2 Å². The standard InChI is InChI=1S/C22H32/c1-17-3-7-19(8-4-17)9-10-20-11-15-22(16-12-20)21-13-5-18(2)6-14-21/h5-6,13-14,17,20H,3-4,7-12,15-16H2,1-2H3. The number of aryl methyl sites for hydroxylation is 1. The molecule has 2 saturated carbocycles. The Labute approximate surface area is 137 Å². The number of rotatable bonds is 4. The molecule has 0 spiro atoms. The minimum atomic E-state index is 0.977. The van der Waals surface area contributed by atoms with Gasteiger partial charge in [-0.05, 0) is 81.6 Å².